The van der Waals surface area contributed by atoms with Gasteiger partial charge in [-0.3, -0.25) is 4.79 Å². The van der Waals surface area contributed by atoms with E-state index in [2.05, 4.69) is 46.9 Å². The van der Waals surface area contributed by atoms with E-state index in [0.717, 1.165) is 39.1 Å². The van der Waals surface area contributed by atoms with Gasteiger partial charge in [-0.1, -0.05) is 43.8 Å². The third kappa shape index (κ3) is 8.15. The second-order valence-corrected chi connectivity index (χ2v) is 12.3. The largest absolute Gasteiger partial charge is 0.379 e. The third-order valence-electron chi connectivity index (χ3n) is 3.96. The number of nitrogens with zero attached hydrogens (tertiary/aromatic N) is 1. The van der Waals surface area contributed by atoms with Gasteiger partial charge in [0.25, 0.3) is 5.91 Å². The standard InChI is InChI=1S/C20H31N3O2Si/c1-26(2,3)17-11-19(22-23-13-15-25-16-14-23)10-7-12-21-20(24)18-8-5-4-6-9-18/h4-6,8-9,19,22H,7,10,12-16H2,1-3H3,(H,21,24)/t19-/m1/s1. The zero-order valence-electron chi connectivity index (χ0n) is 16.2. The molecule has 1 heterocycles. The Hall–Kier alpha value is -1.65. The molecule has 2 rings (SSSR count). The fourth-order valence-electron chi connectivity index (χ4n) is 2.59. The molecule has 6 heteroatoms. The average molecular weight is 374 g/mol. The van der Waals surface area contributed by atoms with Crippen LogP contribution >= 0.6 is 0 Å². The fraction of sp³-hybridized carbons (Fsp3) is 0.550. The summed E-state index contributed by atoms with van der Waals surface area (Å²) in [7, 11) is -1.41. The minimum absolute atomic E-state index is 0.0172. The van der Waals surface area contributed by atoms with Gasteiger partial charge in [-0.05, 0) is 25.0 Å². The second kappa shape index (κ2) is 10.5. The van der Waals surface area contributed by atoms with E-state index in [1.165, 1.54) is 0 Å². The highest BCUT2D eigenvalue weighted by Gasteiger charge is 2.15. The molecule has 0 unspecified atom stereocenters. The molecule has 1 atom stereocenters. The predicted octanol–water partition coefficient (Wildman–Crippen LogP) is 2.28. The van der Waals surface area contributed by atoms with E-state index in [4.69, 9.17) is 4.74 Å². The molecule has 1 amide bonds. The van der Waals surface area contributed by atoms with E-state index in [-0.39, 0.29) is 11.9 Å². The normalized spacial score (nSPS) is 16.4. The maximum Gasteiger partial charge on any atom is 0.251 e. The lowest BCUT2D eigenvalue weighted by atomic mass is 10.1. The number of hydrazine groups is 1. The molecule has 0 aliphatic carbocycles. The summed E-state index contributed by atoms with van der Waals surface area (Å²) in [4.78, 5) is 12.1. The smallest absolute Gasteiger partial charge is 0.251 e. The van der Waals surface area contributed by atoms with Crippen LogP contribution < -0.4 is 10.7 Å². The summed E-state index contributed by atoms with van der Waals surface area (Å²) in [5.41, 5.74) is 7.71. The number of benzene rings is 1. The molecule has 1 saturated heterocycles. The zero-order chi connectivity index (χ0) is 18.8. The Kier molecular flexibility index (Phi) is 8.33. The number of hydrogen-bond donors (Lipinski definition) is 2. The van der Waals surface area contributed by atoms with Crippen molar-refractivity contribution < 1.29 is 9.53 Å². The first-order chi connectivity index (χ1) is 12.4. The quantitative estimate of drug-likeness (QED) is 0.437. The molecule has 142 valence electrons. The van der Waals surface area contributed by atoms with Gasteiger partial charge in [-0.25, -0.2) is 10.4 Å². The first-order valence-electron chi connectivity index (χ1n) is 9.39. The lowest BCUT2D eigenvalue weighted by Crippen LogP contribution is -2.50. The number of rotatable bonds is 7. The monoisotopic (exact) mass is 373 g/mol. The van der Waals surface area contributed by atoms with Gasteiger partial charge in [-0.2, -0.15) is 0 Å². The minimum Gasteiger partial charge on any atom is -0.379 e. The Morgan fingerprint density at radius 2 is 1.92 bits per heavy atom. The zero-order valence-corrected chi connectivity index (χ0v) is 17.2. The van der Waals surface area contributed by atoms with Gasteiger partial charge in [-0.15, -0.1) is 5.54 Å². The molecule has 26 heavy (non-hydrogen) atoms. The van der Waals surface area contributed by atoms with Gasteiger partial charge >= 0.3 is 0 Å². The van der Waals surface area contributed by atoms with Crippen LogP contribution in [0.2, 0.25) is 19.6 Å². The first-order valence-corrected chi connectivity index (χ1v) is 12.9. The highest BCUT2D eigenvalue weighted by Crippen LogP contribution is 2.03. The molecule has 0 radical (unpaired) electrons. The Balaban J connectivity index is 1.81. The minimum atomic E-state index is -1.41. The van der Waals surface area contributed by atoms with Crippen molar-refractivity contribution in [2.45, 2.75) is 38.5 Å². The summed E-state index contributed by atoms with van der Waals surface area (Å²) in [6, 6.07) is 9.45. The molecule has 1 aromatic carbocycles. The summed E-state index contributed by atoms with van der Waals surface area (Å²) in [6.07, 6.45) is 1.80. The topological polar surface area (TPSA) is 53.6 Å². The first kappa shape index (κ1) is 20.7. The number of nitrogens with one attached hydrogen (secondary N) is 2. The maximum atomic E-state index is 12.1. The Bertz CT molecular complexity index is 613. The number of morpholine rings is 1. The summed E-state index contributed by atoms with van der Waals surface area (Å²) in [5.74, 6) is 3.42. The van der Waals surface area contributed by atoms with E-state index < -0.39 is 8.07 Å². The molecular weight excluding hydrogens is 342 g/mol. The fourth-order valence-corrected chi connectivity index (χ4v) is 3.19. The molecule has 0 saturated carbocycles. The lowest BCUT2D eigenvalue weighted by molar-refractivity contribution is 0.00722. The van der Waals surface area contributed by atoms with Gasteiger partial charge in [0.15, 0.2) is 0 Å². The van der Waals surface area contributed by atoms with Crippen LogP contribution in [0.4, 0.5) is 0 Å². The van der Waals surface area contributed by atoms with Crippen molar-refractivity contribution >= 4 is 14.0 Å². The van der Waals surface area contributed by atoms with Crippen molar-refractivity contribution in [1.82, 2.24) is 15.8 Å². The van der Waals surface area contributed by atoms with Crippen molar-refractivity contribution in [3.63, 3.8) is 0 Å². The van der Waals surface area contributed by atoms with Crippen molar-refractivity contribution in [2.75, 3.05) is 32.8 Å². The Morgan fingerprint density at radius 3 is 2.58 bits per heavy atom. The predicted molar refractivity (Wildman–Crippen MR) is 108 cm³/mol. The molecular formula is C20H31N3O2Si. The summed E-state index contributed by atoms with van der Waals surface area (Å²) >= 11 is 0. The summed E-state index contributed by atoms with van der Waals surface area (Å²) in [5, 5.41) is 5.19. The SMILES string of the molecule is C[Si](C)(C)C#C[C@@H](CCCNC(=O)c1ccccc1)NN1CCOCC1. The highest BCUT2D eigenvalue weighted by atomic mass is 28.3. The molecule has 2 N–H and O–H groups in total. The molecule has 1 aromatic rings. The third-order valence-corrected chi connectivity index (χ3v) is 4.86. The van der Waals surface area contributed by atoms with E-state index in [9.17, 15) is 4.79 Å². The van der Waals surface area contributed by atoms with E-state index in [1.807, 2.05) is 30.3 Å². The number of amides is 1. The van der Waals surface area contributed by atoms with Crippen LogP contribution in [0.25, 0.3) is 0 Å². The van der Waals surface area contributed by atoms with Crippen LogP contribution in [0.3, 0.4) is 0 Å². The van der Waals surface area contributed by atoms with Crippen LogP contribution in [0.5, 0.6) is 0 Å². The van der Waals surface area contributed by atoms with E-state index in [0.29, 0.717) is 12.1 Å². The van der Waals surface area contributed by atoms with E-state index in [1.54, 1.807) is 0 Å². The van der Waals surface area contributed by atoms with Gasteiger partial charge in [0.1, 0.15) is 8.07 Å². The summed E-state index contributed by atoms with van der Waals surface area (Å²) < 4.78 is 5.40. The van der Waals surface area contributed by atoms with Crippen molar-refractivity contribution in [1.29, 1.82) is 0 Å². The van der Waals surface area contributed by atoms with Gasteiger partial charge in [0.05, 0.1) is 19.3 Å². The van der Waals surface area contributed by atoms with Crippen molar-refractivity contribution in [3.8, 4) is 11.5 Å². The Morgan fingerprint density at radius 1 is 1.23 bits per heavy atom. The van der Waals surface area contributed by atoms with E-state index >= 15 is 0 Å². The number of ether oxygens (including phenoxy) is 1. The Labute approximate surface area is 158 Å². The number of carbonyl (C=O) groups excluding carboxylic acids is 1. The van der Waals surface area contributed by atoms with Crippen LogP contribution in [0.1, 0.15) is 23.2 Å². The van der Waals surface area contributed by atoms with Crippen LogP contribution in [-0.2, 0) is 4.74 Å². The average Bonchev–Trinajstić information content (AvgIpc) is 2.63. The molecule has 0 aromatic heterocycles. The maximum absolute atomic E-state index is 12.1. The van der Waals surface area contributed by atoms with Crippen molar-refractivity contribution in [2.24, 2.45) is 0 Å². The molecule has 1 fully saturated rings. The second-order valence-electron chi connectivity index (χ2n) is 7.56. The number of carbonyl (C=O) groups is 1. The molecule has 1 aliphatic rings. The van der Waals surface area contributed by atoms with Gasteiger partial charge in [0, 0.05) is 25.2 Å². The summed E-state index contributed by atoms with van der Waals surface area (Å²) in [6.45, 7) is 10.7. The lowest BCUT2D eigenvalue weighted by Gasteiger charge is -2.30. The van der Waals surface area contributed by atoms with Crippen LogP contribution in [0.15, 0.2) is 30.3 Å². The van der Waals surface area contributed by atoms with Gasteiger partial charge < -0.3 is 10.1 Å². The molecule has 0 bridgehead atoms. The molecule has 1 aliphatic heterocycles. The number of hydrogen-bond acceptors (Lipinski definition) is 4. The van der Waals surface area contributed by atoms with Gasteiger partial charge in [0.2, 0.25) is 0 Å². The molecule has 0 spiro atoms. The van der Waals surface area contributed by atoms with Crippen molar-refractivity contribution in [3.05, 3.63) is 35.9 Å². The highest BCUT2D eigenvalue weighted by molar-refractivity contribution is 6.83. The van der Waals surface area contributed by atoms with Crippen LogP contribution in [0, 0.1) is 11.5 Å². The van der Waals surface area contributed by atoms with Crippen LogP contribution in [-0.4, -0.2) is 57.9 Å². The molecule has 5 nitrogen and oxygen atoms in total.